The van der Waals surface area contributed by atoms with Gasteiger partial charge in [0.2, 0.25) is 5.91 Å². The third-order valence-electron chi connectivity index (χ3n) is 4.21. The molecule has 0 aliphatic carbocycles. The summed E-state index contributed by atoms with van der Waals surface area (Å²) in [6.07, 6.45) is 1.63. The average Bonchev–Trinajstić information content (AvgIpc) is 3.04. The van der Waals surface area contributed by atoms with Crippen LogP contribution in [0.25, 0.3) is 0 Å². The van der Waals surface area contributed by atoms with E-state index >= 15 is 0 Å². The van der Waals surface area contributed by atoms with Crippen molar-refractivity contribution >= 4 is 27.7 Å². The van der Waals surface area contributed by atoms with Crippen molar-refractivity contribution in [2.75, 3.05) is 32.8 Å². The molecule has 6 heteroatoms. The number of carbonyl (C=O) groups excluding carboxylic acids is 2. The van der Waals surface area contributed by atoms with Gasteiger partial charge in [0, 0.05) is 29.7 Å². The molecule has 1 atom stereocenters. The van der Waals surface area contributed by atoms with Gasteiger partial charge in [-0.05, 0) is 37.1 Å². The Labute approximate surface area is 138 Å². The number of carbonyl (C=O) groups is 2. The summed E-state index contributed by atoms with van der Waals surface area (Å²) in [6.45, 7) is 3.05. The van der Waals surface area contributed by atoms with Crippen LogP contribution in [0.15, 0.2) is 28.7 Å². The lowest BCUT2D eigenvalue weighted by atomic mass is 10.1. The quantitative estimate of drug-likeness (QED) is 0.803. The fourth-order valence-electron chi connectivity index (χ4n) is 3.02. The molecule has 2 amide bonds. The van der Waals surface area contributed by atoms with Crippen LogP contribution in [0.4, 0.5) is 0 Å². The Morgan fingerprint density at radius 1 is 1.09 bits per heavy atom. The molecule has 5 nitrogen and oxygen atoms in total. The number of nitrogens with zero attached hydrogens (tertiary/aromatic N) is 2. The standard InChI is InChI=1S/C16H19BrN2O3/c17-13-5-3-12(4-6-13)15(20)19-7-1-2-14(19)16(21)18-8-10-22-11-9-18/h3-6,14H,1-2,7-11H2/t14-/m0/s1. The van der Waals surface area contributed by atoms with Gasteiger partial charge < -0.3 is 14.5 Å². The van der Waals surface area contributed by atoms with Gasteiger partial charge in [-0.1, -0.05) is 15.9 Å². The molecule has 1 aromatic carbocycles. The largest absolute Gasteiger partial charge is 0.378 e. The number of halogens is 1. The first-order valence-electron chi connectivity index (χ1n) is 7.60. The van der Waals surface area contributed by atoms with Crippen LogP contribution in [0.2, 0.25) is 0 Å². The summed E-state index contributed by atoms with van der Waals surface area (Å²) in [6, 6.07) is 6.96. The summed E-state index contributed by atoms with van der Waals surface area (Å²) in [5.41, 5.74) is 0.630. The maximum absolute atomic E-state index is 12.7. The molecule has 0 spiro atoms. The van der Waals surface area contributed by atoms with E-state index in [-0.39, 0.29) is 17.9 Å². The maximum Gasteiger partial charge on any atom is 0.254 e. The van der Waals surface area contributed by atoms with E-state index in [1.807, 2.05) is 17.0 Å². The molecule has 2 aliphatic heterocycles. The number of ether oxygens (including phenoxy) is 1. The minimum Gasteiger partial charge on any atom is -0.378 e. The van der Waals surface area contributed by atoms with Crippen LogP contribution in [0.1, 0.15) is 23.2 Å². The summed E-state index contributed by atoms with van der Waals surface area (Å²) < 4.78 is 6.22. The zero-order chi connectivity index (χ0) is 15.5. The molecular formula is C16H19BrN2O3. The highest BCUT2D eigenvalue weighted by Crippen LogP contribution is 2.23. The fourth-order valence-corrected chi connectivity index (χ4v) is 3.28. The fraction of sp³-hybridized carbons (Fsp3) is 0.500. The summed E-state index contributed by atoms with van der Waals surface area (Å²) in [5, 5.41) is 0. The van der Waals surface area contributed by atoms with Gasteiger partial charge in [0.05, 0.1) is 13.2 Å². The van der Waals surface area contributed by atoms with Crippen molar-refractivity contribution < 1.29 is 14.3 Å². The highest BCUT2D eigenvalue weighted by atomic mass is 79.9. The van der Waals surface area contributed by atoms with E-state index in [0.717, 1.165) is 17.3 Å². The first-order chi connectivity index (χ1) is 10.7. The normalized spacial score (nSPS) is 22.0. The highest BCUT2D eigenvalue weighted by molar-refractivity contribution is 9.10. The smallest absolute Gasteiger partial charge is 0.254 e. The Bertz CT molecular complexity index is 555. The highest BCUT2D eigenvalue weighted by Gasteiger charge is 2.37. The average molecular weight is 367 g/mol. The number of amides is 2. The van der Waals surface area contributed by atoms with Crippen molar-refractivity contribution in [2.24, 2.45) is 0 Å². The molecule has 118 valence electrons. The van der Waals surface area contributed by atoms with Gasteiger partial charge in [-0.25, -0.2) is 0 Å². The van der Waals surface area contributed by atoms with Crippen molar-refractivity contribution in [1.82, 2.24) is 9.80 Å². The van der Waals surface area contributed by atoms with Crippen LogP contribution in [0, 0.1) is 0 Å². The number of benzene rings is 1. The molecule has 0 aromatic heterocycles. The van der Waals surface area contributed by atoms with Crippen molar-refractivity contribution in [2.45, 2.75) is 18.9 Å². The summed E-state index contributed by atoms with van der Waals surface area (Å²) in [5.74, 6) is 0.00266. The minimum atomic E-state index is -0.325. The van der Waals surface area contributed by atoms with Gasteiger partial charge in [0.1, 0.15) is 6.04 Å². The molecule has 0 bridgehead atoms. The van der Waals surface area contributed by atoms with E-state index in [4.69, 9.17) is 4.74 Å². The molecule has 2 saturated heterocycles. The SMILES string of the molecule is O=C([C@@H]1CCCN1C(=O)c1ccc(Br)cc1)N1CCOCC1. The van der Waals surface area contributed by atoms with Gasteiger partial charge in [-0.15, -0.1) is 0 Å². The Kier molecular flexibility index (Phi) is 4.78. The van der Waals surface area contributed by atoms with Crippen molar-refractivity contribution in [3.05, 3.63) is 34.3 Å². The monoisotopic (exact) mass is 366 g/mol. The van der Waals surface area contributed by atoms with Crippen LogP contribution in [0.3, 0.4) is 0 Å². The van der Waals surface area contributed by atoms with Crippen molar-refractivity contribution in [3.63, 3.8) is 0 Å². The molecule has 0 unspecified atom stereocenters. The topological polar surface area (TPSA) is 49.9 Å². The first-order valence-corrected chi connectivity index (χ1v) is 8.39. The van der Waals surface area contributed by atoms with E-state index in [9.17, 15) is 9.59 Å². The molecule has 2 heterocycles. The number of hydrogen-bond donors (Lipinski definition) is 0. The number of morpholine rings is 1. The number of hydrogen-bond acceptors (Lipinski definition) is 3. The number of likely N-dealkylation sites (tertiary alicyclic amines) is 1. The second kappa shape index (κ2) is 6.79. The summed E-state index contributed by atoms with van der Waals surface area (Å²) >= 11 is 3.37. The second-order valence-electron chi connectivity index (χ2n) is 5.60. The zero-order valence-corrected chi connectivity index (χ0v) is 13.9. The van der Waals surface area contributed by atoms with E-state index in [2.05, 4.69) is 15.9 Å². The molecule has 0 radical (unpaired) electrons. The lowest BCUT2D eigenvalue weighted by molar-refractivity contribution is -0.139. The van der Waals surface area contributed by atoms with E-state index < -0.39 is 0 Å². The maximum atomic E-state index is 12.7. The van der Waals surface area contributed by atoms with E-state index in [1.54, 1.807) is 17.0 Å². The predicted molar refractivity (Wildman–Crippen MR) is 85.6 cm³/mol. The third kappa shape index (κ3) is 3.17. The van der Waals surface area contributed by atoms with Gasteiger partial charge in [0.15, 0.2) is 0 Å². The molecule has 1 aromatic rings. The first kappa shape index (κ1) is 15.5. The summed E-state index contributed by atoms with van der Waals surface area (Å²) in [4.78, 5) is 28.9. The molecular weight excluding hydrogens is 348 g/mol. The Morgan fingerprint density at radius 2 is 1.77 bits per heavy atom. The molecule has 2 fully saturated rings. The zero-order valence-electron chi connectivity index (χ0n) is 12.3. The molecule has 0 N–H and O–H groups in total. The molecule has 22 heavy (non-hydrogen) atoms. The van der Waals surface area contributed by atoms with Crippen molar-refractivity contribution in [3.8, 4) is 0 Å². The van der Waals surface area contributed by atoms with E-state index in [1.165, 1.54) is 0 Å². The third-order valence-corrected chi connectivity index (χ3v) is 4.74. The van der Waals surface area contributed by atoms with Gasteiger partial charge >= 0.3 is 0 Å². The lowest BCUT2D eigenvalue weighted by Gasteiger charge is -2.32. The Hall–Kier alpha value is -1.40. The Morgan fingerprint density at radius 3 is 2.45 bits per heavy atom. The van der Waals surface area contributed by atoms with Gasteiger partial charge in [-0.2, -0.15) is 0 Å². The number of rotatable bonds is 2. The van der Waals surface area contributed by atoms with Gasteiger partial charge in [0.25, 0.3) is 5.91 Å². The van der Waals surface area contributed by atoms with Crippen LogP contribution in [-0.4, -0.2) is 60.5 Å². The lowest BCUT2D eigenvalue weighted by Crippen LogP contribution is -2.51. The van der Waals surface area contributed by atoms with Crippen LogP contribution in [-0.2, 0) is 9.53 Å². The van der Waals surface area contributed by atoms with E-state index in [0.29, 0.717) is 38.4 Å². The van der Waals surface area contributed by atoms with Gasteiger partial charge in [-0.3, -0.25) is 9.59 Å². The van der Waals surface area contributed by atoms with Crippen LogP contribution >= 0.6 is 15.9 Å². The minimum absolute atomic E-state index is 0.0587. The van der Waals surface area contributed by atoms with Crippen LogP contribution in [0.5, 0.6) is 0 Å². The molecule has 3 rings (SSSR count). The second-order valence-corrected chi connectivity index (χ2v) is 6.52. The molecule has 2 aliphatic rings. The summed E-state index contributed by atoms with van der Waals surface area (Å²) in [7, 11) is 0. The Balaban J connectivity index is 1.73. The molecule has 0 saturated carbocycles. The van der Waals surface area contributed by atoms with Crippen molar-refractivity contribution in [1.29, 1.82) is 0 Å². The predicted octanol–water partition coefficient (Wildman–Crippen LogP) is 1.91. The van der Waals surface area contributed by atoms with Crippen LogP contribution < -0.4 is 0 Å².